The first-order chi connectivity index (χ1) is 9.79. The van der Waals surface area contributed by atoms with E-state index in [2.05, 4.69) is 29.1 Å². The van der Waals surface area contributed by atoms with Crippen molar-refractivity contribution in [1.82, 2.24) is 9.97 Å². The second-order valence-corrected chi connectivity index (χ2v) is 7.32. The smallest absolute Gasteiger partial charge is 0.175 e. The van der Waals surface area contributed by atoms with E-state index in [1.807, 2.05) is 6.92 Å². The molecule has 0 fully saturated rings. The van der Waals surface area contributed by atoms with Gasteiger partial charge in [-0.2, -0.15) is 0 Å². The van der Waals surface area contributed by atoms with Crippen LogP contribution in [0.5, 0.6) is 0 Å². The molecule has 0 unspecified atom stereocenters. The molecule has 112 valence electrons. The van der Waals surface area contributed by atoms with Crippen molar-refractivity contribution >= 4 is 21.3 Å². The van der Waals surface area contributed by atoms with E-state index >= 15 is 0 Å². The highest BCUT2D eigenvalue weighted by Gasteiger charge is 2.11. The number of hydrogen-bond acceptors (Lipinski definition) is 5. The van der Waals surface area contributed by atoms with Crippen molar-refractivity contribution in [2.24, 2.45) is 0 Å². The van der Waals surface area contributed by atoms with Gasteiger partial charge in [-0.05, 0) is 37.1 Å². The summed E-state index contributed by atoms with van der Waals surface area (Å²) < 4.78 is 22.9. The first kappa shape index (κ1) is 15.4. The van der Waals surface area contributed by atoms with Crippen LogP contribution in [0.15, 0.2) is 35.5 Å². The Morgan fingerprint density at radius 1 is 1.10 bits per heavy atom. The van der Waals surface area contributed by atoms with Gasteiger partial charge < -0.3 is 5.32 Å². The third kappa shape index (κ3) is 3.58. The molecule has 1 aromatic heterocycles. The summed E-state index contributed by atoms with van der Waals surface area (Å²) in [5.41, 5.74) is 2.79. The molecule has 5 nitrogen and oxygen atoms in total. The van der Waals surface area contributed by atoms with E-state index in [1.54, 1.807) is 24.3 Å². The van der Waals surface area contributed by atoms with Crippen LogP contribution >= 0.6 is 0 Å². The summed E-state index contributed by atoms with van der Waals surface area (Å²) in [6, 6.07) is 6.62. The number of rotatable bonds is 4. The summed E-state index contributed by atoms with van der Waals surface area (Å²) in [6.07, 6.45) is 2.73. The summed E-state index contributed by atoms with van der Waals surface area (Å²) in [6.45, 7) is 6.14. The minimum atomic E-state index is -3.17. The molecule has 6 heteroatoms. The Kier molecular flexibility index (Phi) is 4.27. The van der Waals surface area contributed by atoms with E-state index in [0.717, 1.165) is 22.8 Å². The van der Waals surface area contributed by atoms with Crippen molar-refractivity contribution in [2.75, 3.05) is 11.6 Å². The van der Waals surface area contributed by atoms with Crippen molar-refractivity contribution in [3.05, 3.63) is 41.9 Å². The highest BCUT2D eigenvalue weighted by atomic mass is 32.2. The molecule has 0 radical (unpaired) electrons. The maximum Gasteiger partial charge on any atom is 0.175 e. The molecule has 21 heavy (non-hydrogen) atoms. The lowest BCUT2D eigenvalue weighted by atomic mass is 10.1. The Hall–Kier alpha value is -1.95. The molecular formula is C15H19N3O2S. The highest BCUT2D eigenvalue weighted by molar-refractivity contribution is 7.90. The van der Waals surface area contributed by atoms with Gasteiger partial charge >= 0.3 is 0 Å². The van der Waals surface area contributed by atoms with E-state index in [0.29, 0.717) is 10.8 Å². The third-order valence-corrected chi connectivity index (χ3v) is 4.34. The summed E-state index contributed by atoms with van der Waals surface area (Å²) in [5.74, 6) is 1.06. The molecule has 1 heterocycles. The largest absolute Gasteiger partial charge is 0.340 e. The molecule has 0 bridgehead atoms. The summed E-state index contributed by atoms with van der Waals surface area (Å²) in [7, 11) is -3.17. The Morgan fingerprint density at radius 3 is 2.24 bits per heavy atom. The molecule has 0 aliphatic rings. The van der Waals surface area contributed by atoms with E-state index in [9.17, 15) is 8.42 Å². The van der Waals surface area contributed by atoms with Crippen LogP contribution < -0.4 is 5.32 Å². The maximum absolute atomic E-state index is 11.4. The van der Waals surface area contributed by atoms with Gasteiger partial charge in [0, 0.05) is 17.5 Å². The van der Waals surface area contributed by atoms with Crippen molar-refractivity contribution in [3.8, 4) is 0 Å². The molecule has 0 atom stereocenters. The highest BCUT2D eigenvalue weighted by Crippen LogP contribution is 2.24. The number of nitrogens with zero attached hydrogens (tertiary/aromatic N) is 2. The van der Waals surface area contributed by atoms with Gasteiger partial charge in [-0.3, -0.25) is 0 Å². The fraction of sp³-hybridized carbons (Fsp3) is 0.333. The lowest BCUT2D eigenvalue weighted by Crippen LogP contribution is -2.04. The van der Waals surface area contributed by atoms with Crippen LogP contribution in [0.4, 0.5) is 11.5 Å². The Balaban J connectivity index is 2.29. The fourth-order valence-corrected chi connectivity index (χ4v) is 2.72. The van der Waals surface area contributed by atoms with Crippen LogP contribution in [-0.2, 0) is 9.84 Å². The molecule has 1 N–H and O–H groups in total. The zero-order valence-electron chi connectivity index (χ0n) is 12.6. The zero-order valence-corrected chi connectivity index (χ0v) is 13.4. The van der Waals surface area contributed by atoms with Gasteiger partial charge in [0.15, 0.2) is 9.84 Å². The molecule has 0 amide bonds. The van der Waals surface area contributed by atoms with E-state index in [4.69, 9.17) is 0 Å². The van der Waals surface area contributed by atoms with Crippen molar-refractivity contribution in [2.45, 2.75) is 31.6 Å². The number of benzene rings is 1. The van der Waals surface area contributed by atoms with Crippen LogP contribution in [0.3, 0.4) is 0 Å². The SMILES string of the molecule is Cc1c(Nc2ccc(S(C)(=O)=O)cc2)ncnc1C(C)C. The van der Waals surface area contributed by atoms with Gasteiger partial charge in [-0.1, -0.05) is 13.8 Å². The van der Waals surface area contributed by atoms with Crippen molar-refractivity contribution < 1.29 is 8.42 Å². The fourth-order valence-electron chi connectivity index (χ4n) is 2.09. The lowest BCUT2D eigenvalue weighted by Gasteiger charge is -2.13. The zero-order chi connectivity index (χ0) is 15.6. The van der Waals surface area contributed by atoms with Crippen molar-refractivity contribution in [1.29, 1.82) is 0 Å². The summed E-state index contributed by atoms with van der Waals surface area (Å²) >= 11 is 0. The third-order valence-electron chi connectivity index (χ3n) is 3.22. The van der Waals surface area contributed by atoms with E-state index in [-0.39, 0.29) is 0 Å². The van der Waals surface area contributed by atoms with Gasteiger partial charge in [0.05, 0.1) is 10.6 Å². The van der Waals surface area contributed by atoms with Gasteiger partial charge in [-0.15, -0.1) is 0 Å². The van der Waals surface area contributed by atoms with Crippen LogP contribution in [-0.4, -0.2) is 24.6 Å². The molecule has 1 aromatic carbocycles. The van der Waals surface area contributed by atoms with Gasteiger partial charge in [0.1, 0.15) is 12.1 Å². The molecule has 0 aliphatic carbocycles. The number of aromatic nitrogens is 2. The van der Waals surface area contributed by atoms with E-state index < -0.39 is 9.84 Å². The van der Waals surface area contributed by atoms with Crippen molar-refractivity contribution in [3.63, 3.8) is 0 Å². The molecule has 2 aromatic rings. The second kappa shape index (κ2) is 5.81. The average Bonchev–Trinajstić information content (AvgIpc) is 2.40. The average molecular weight is 305 g/mol. The van der Waals surface area contributed by atoms with Crippen LogP contribution in [0.25, 0.3) is 0 Å². The first-order valence-corrected chi connectivity index (χ1v) is 8.57. The Bertz CT molecular complexity index is 738. The monoisotopic (exact) mass is 305 g/mol. The van der Waals surface area contributed by atoms with Crippen LogP contribution in [0, 0.1) is 6.92 Å². The maximum atomic E-state index is 11.4. The number of nitrogens with one attached hydrogen (secondary N) is 1. The molecule has 0 spiro atoms. The Morgan fingerprint density at radius 2 is 1.71 bits per heavy atom. The quantitative estimate of drug-likeness (QED) is 0.940. The number of anilines is 2. The first-order valence-electron chi connectivity index (χ1n) is 6.67. The minimum Gasteiger partial charge on any atom is -0.340 e. The minimum absolute atomic E-state index is 0.301. The lowest BCUT2D eigenvalue weighted by molar-refractivity contribution is 0.602. The summed E-state index contributed by atoms with van der Waals surface area (Å²) in [4.78, 5) is 8.84. The number of sulfone groups is 1. The normalized spacial score (nSPS) is 11.7. The Labute approximate surface area is 125 Å². The van der Waals surface area contributed by atoms with Gasteiger partial charge in [0.2, 0.25) is 0 Å². The number of hydrogen-bond donors (Lipinski definition) is 1. The molecule has 0 aliphatic heterocycles. The standard InChI is InChI=1S/C15H19N3O2S/c1-10(2)14-11(3)15(17-9-16-14)18-12-5-7-13(8-6-12)21(4,19)20/h5-10H,1-4H3,(H,16,17,18). The topological polar surface area (TPSA) is 72.0 Å². The van der Waals surface area contributed by atoms with E-state index in [1.165, 1.54) is 12.6 Å². The van der Waals surface area contributed by atoms with Crippen LogP contribution in [0.1, 0.15) is 31.0 Å². The van der Waals surface area contributed by atoms with Crippen LogP contribution in [0.2, 0.25) is 0 Å². The summed E-state index contributed by atoms with van der Waals surface area (Å²) in [5, 5.41) is 3.20. The van der Waals surface area contributed by atoms with Gasteiger partial charge in [0.25, 0.3) is 0 Å². The molecular weight excluding hydrogens is 286 g/mol. The predicted octanol–water partition coefficient (Wildman–Crippen LogP) is 3.06. The predicted molar refractivity (Wildman–Crippen MR) is 83.7 cm³/mol. The van der Waals surface area contributed by atoms with Gasteiger partial charge in [-0.25, -0.2) is 18.4 Å². The molecule has 2 rings (SSSR count). The molecule has 0 saturated heterocycles. The molecule has 0 saturated carbocycles. The second-order valence-electron chi connectivity index (χ2n) is 5.31.